The van der Waals surface area contributed by atoms with Crippen molar-refractivity contribution in [3.63, 3.8) is 0 Å². The van der Waals surface area contributed by atoms with E-state index in [4.69, 9.17) is 10.5 Å². The Morgan fingerprint density at radius 2 is 2.29 bits per heavy atom. The first kappa shape index (κ1) is 10.9. The molecule has 0 saturated carbocycles. The highest BCUT2D eigenvalue weighted by Gasteiger charge is 1.99. The second-order valence-corrected chi connectivity index (χ2v) is 2.93. The van der Waals surface area contributed by atoms with E-state index in [1.54, 1.807) is 31.4 Å². The summed E-state index contributed by atoms with van der Waals surface area (Å²) in [4.78, 5) is 0. The molecule has 0 atom stereocenters. The van der Waals surface area contributed by atoms with Gasteiger partial charge in [0.1, 0.15) is 5.82 Å². The molecule has 2 N–H and O–H groups in total. The average molecular weight is 195 g/mol. The Morgan fingerprint density at radius 3 is 2.93 bits per heavy atom. The molecule has 0 bridgehead atoms. The SMILES string of the molecule is COCc1ccc(F)c(/C=C/CN)c1. The van der Waals surface area contributed by atoms with Crippen molar-refractivity contribution in [1.29, 1.82) is 0 Å². The molecule has 2 nitrogen and oxygen atoms in total. The first-order valence-electron chi connectivity index (χ1n) is 4.42. The first-order valence-corrected chi connectivity index (χ1v) is 4.42. The molecule has 14 heavy (non-hydrogen) atoms. The van der Waals surface area contributed by atoms with E-state index >= 15 is 0 Å². The number of hydrogen-bond acceptors (Lipinski definition) is 2. The highest BCUT2D eigenvalue weighted by molar-refractivity contribution is 5.51. The van der Waals surface area contributed by atoms with Crippen molar-refractivity contribution in [3.05, 3.63) is 41.2 Å². The van der Waals surface area contributed by atoms with Crippen molar-refractivity contribution >= 4 is 6.08 Å². The number of ether oxygens (including phenoxy) is 1. The van der Waals surface area contributed by atoms with Crippen LogP contribution in [0.2, 0.25) is 0 Å². The highest BCUT2D eigenvalue weighted by Crippen LogP contribution is 2.12. The summed E-state index contributed by atoms with van der Waals surface area (Å²) >= 11 is 0. The fourth-order valence-corrected chi connectivity index (χ4v) is 1.17. The van der Waals surface area contributed by atoms with Crippen LogP contribution in [-0.4, -0.2) is 13.7 Å². The van der Waals surface area contributed by atoms with E-state index in [1.165, 1.54) is 6.07 Å². The van der Waals surface area contributed by atoms with Crippen molar-refractivity contribution in [1.82, 2.24) is 0 Å². The molecular weight excluding hydrogens is 181 g/mol. The monoisotopic (exact) mass is 195 g/mol. The standard InChI is InChI=1S/C11H14FNO/c1-14-8-9-4-5-11(12)10(7-9)3-2-6-13/h2-5,7H,6,8,13H2,1H3/b3-2+. The molecule has 1 rings (SSSR count). The van der Waals surface area contributed by atoms with E-state index < -0.39 is 0 Å². The third kappa shape index (κ3) is 2.94. The van der Waals surface area contributed by atoms with Crippen LogP contribution in [0.5, 0.6) is 0 Å². The van der Waals surface area contributed by atoms with Crippen molar-refractivity contribution < 1.29 is 9.13 Å². The summed E-state index contributed by atoms with van der Waals surface area (Å²) < 4.78 is 18.2. The zero-order valence-electron chi connectivity index (χ0n) is 8.16. The third-order valence-electron chi connectivity index (χ3n) is 1.80. The molecule has 1 aromatic carbocycles. The Labute approximate surface area is 83.2 Å². The lowest BCUT2D eigenvalue weighted by Gasteiger charge is -2.02. The lowest BCUT2D eigenvalue weighted by Crippen LogP contribution is -1.94. The number of benzene rings is 1. The van der Waals surface area contributed by atoms with Gasteiger partial charge in [-0.1, -0.05) is 18.2 Å². The van der Waals surface area contributed by atoms with Gasteiger partial charge < -0.3 is 10.5 Å². The molecule has 0 aliphatic heterocycles. The van der Waals surface area contributed by atoms with Gasteiger partial charge in [-0.05, 0) is 17.7 Å². The quantitative estimate of drug-likeness (QED) is 0.796. The molecule has 3 heteroatoms. The minimum atomic E-state index is -0.241. The second-order valence-electron chi connectivity index (χ2n) is 2.93. The number of rotatable bonds is 4. The smallest absolute Gasteiger partial charge is 0.130 e. The normalized spacial score (nSPS) is 11.1. The molecule has 0 saturated heterocycles. The summed E-state index contributed by atoms with van der Waals surface area (Å²) in [5.74, 6) is -0.241. The second kappa shape index (κ2) is 5.52. The van der Waals surface area contributed by atoms with Gasteiger partial charge in [-0.2, -0.15) is 0 Å². The fourth-order valence-electron chi connectivity index (χ4n) is 1.17. The lowest BCUT2D eigenvalue weighted by molar-refractivity contribution is 0.185. The summed E-state index contributed by atoms with van der Waals surface area (Å²) in [6.45, 7) is 0.900. The topological polar surface area (TPSA) is 35.2 Å². The maximum absolute atomic E-state index is 13.2. The molecule has 0 radical (unpaired) electrons. The maximum atomic E-state index is 13.2. The van der Waals surface area contributed by atoms with Gasteiger partial charge in [0.2, 0.25) is 0 Å². The third-order valence-corrected chi connectivity index (χ3v) is 1.80. The summed E-state index contributed by atoms with van der Waals surface area (Å²) in [5, 5.41) is 0. The van der Waals surface area contributed by atoms with E-state index in [9.17, 15) is 4.39 Å². The Hall–Kier alpha value is -1.19. The molecule has 0 unspecified atom stereocenters. The van der Waals surface area contributed by atoms with Gasteiger partial charge in [-0.25, -0.2) is 4.39 Å². The van der Waals surface area contributed by atoms with Crippen LogP contribution >= 0.6 is 0 Å². The van der Waals surface area contributed by atoms with E-state index in [0.717, 1.165) is 5.56 Å². The molecule has 0 fully saturated rings. The predicted octanol–water partition coefficient (Wildman–Crippen LogP) is 1.94. The van der Waals surface area contributed by atoms with Crippen LogP contribution in [-0.2, 0) is 11.3 Å². The zero-order chi connectivity index (χ0) is 10.4. The Balaban J connectivity index is 2.90. The van der Waals surface area contributed by atoms with Crippen molar-refractivity contribution in [2.45, 2.75) is 6.61 Å². The predicted molar refractivity (Wildman–Crippen MR) is 55.2 cm³/mol. The Kier molecular flexibility index (Phi) is 4.29. The van der Waals surface area contributed by atoms with Crippen molar-refractivity contribution in [3.8, 4) is 0 Å². The number of halogens is 1. The number of hydrogen-bond donors (Lipinski definition) is 1. The highest BCUT2D eigenvalue weighted by atomic mass is 19.1. The van der Waals surface area contributed by atoms with Gasteiger partial charge in [0.25, 0.3) is 0 Å². The Bertz CT molecular complexity index is 323. The van der Waals surface area contributed by atoms with Crippen LogP contribution in [0.25, 0.3) is 6.08 Å². The molecule has 0 aliphatic carbocycles. The van der Waals surface area contributed by atoms with Gasteiger partial charge in [-0.3, -0.25) is 0 Å². The largest absolute Gasteiger partial charge is 0.380 e. The average Bonchev–Trinajstić information content (AvgIpc) is 2.19. The first-order chi connectivity index (χ1) is 6.77. The van der Waals surface area contributed by atoms with Crippen LogP contribution in [0.15, 0.2) is 24.3 Å². The van der Waals surface area contributed by atoms with Gasteiger partial charge in [0.15, 0.2) is 0 Å². The molecule has 76 valence electrons. The molecular formula is C11H14FNO. The van der Waals surface area contributed by atoms with Gasteiger partial charge in [0, 0.05) is 19.2 Å². The summed E-state index contributed by atoms with van der Waals surface area (Å²) in [6.07, 6.45) is 3.39. The van der Waals surface area contributed by atoms with Gasteiger partial charge in [-0.15, -0.1) is 0 Å². The van der Waals surface area contributed by atoms with Crippen molar-refractivity contribution in [2.75, 3.05) is 13.7 Å². The van der Waals surface area contributed by atoms with Crippen LogP contribution < -0.4 is 5.73 Å². The van der Waals surface area contributed by atoms with E-state index in [1.807, 2.05) is 0 Å². The summed E-state index contributed by atoms with van der Waals surface area (Å²) in [6, 6.07) is 4.90. The molecule has 0 heterocycles. The van der Waals surface area contributed by atoms with Crippen LogP contribution in [0.4, 0.5) is 4.39 Å². The minimum absolute atomic E-state index is 0.241. The maximum Gasteiger partial charge on any atom is 0.130 e. The van der Waals surface area contributed by atoms with Crippen molar-refractivity contribution in [2.24, 2.45) is 5.73 Å². The Morgan fingerprint density at radius 1 is 1.50 bits per heavy atom. The molecule has 0 amide bonds. The summed E-state index contributed by atoms with van der Waals surface area (Å²) in [5.41, 5.74) is 6.79. The molecule has 0 aromatic heterocycles. The van der Waals surface area contributed by atoms with Crippen LogP contribution in [0.3, 0.4) is 0 Å². The molecule has 0 aliphatic rings. The minimum Gasteiger partial charge on any atom is -0.380 e. The van der Waals surface area contributed by atoms with Crippen LogP contribution in [0, 0.1) is 5.82 Å². The van der Waals surface area contributed by atoms with Gasteiger partial charge >= 0.3 is 0 Å². The molecule has 0 spiro atoms. The van der Waals surface area contributed by atoms with Gasteiger partial charge in [0.05, 0.1) is 6.61 Å². The van der Waals surface area contributed by atoms with Crippen LogP contribution in [0.1, 0.15) is 11.1 Å². The number of nitrogens with two attached hydrogens (primary N) is 1. The summed E-state index contributed by atoms with van der Waals surface area (Å²) in [7, 11) is 1.61. The zero-order valence-corrected chi connectivity index (χ0v) is 8.16. The van der Waals surface area contributed by atoms with E-state index in [2.05, 4.69) is 0 Å². The number of methoxy groups -OCH3 is 1. The molecule has 1 aromatic rings. The fraction of sp³-hybridized carbons (Fsp3) is 0.273. The van der Waals surface area contributed by atoms with E-state index in [-0.39, 0.29) is 5.82 Å². The lowest BCUT2D eigenvalue weighted by atomic mass is 10.1. The van der Waals surface area contributed by atoms with E-state index in [0.29, 0.717) is 18.7 Å².